The van der Waals surface area contributed by atoms with Crippen LogP contribution >= 0.6 is 0 Å². The number of carbonyl (C=O) groups is 1. The zero-order valence-corrected chi connectivity index (χ0v) is 8.72. The summed E-state index contributed by atoms with van der Waals surface area (Å²) in [6, 6.07) is 0. The molecule has 6 heteroatoms. The fourth-order valence-corrected chi connectivity index (χ4v) is 3.47. The Labute approximate surface area is 82.4 Å². The Balaban J connectivity index is 2.57. The van der Waals surface area contributed by atoms with E-state index in [0.29, 0.717) is 12.8 Å². The van der Waals surface area contributed by atoms with Crippen molar-refractivity contribution >= 4 is 15.8 Å². The molecule has 1 heterocycles. The van der Waals surface area contributed by atoms with Gasteiger partial charge in [0.2, 0.25) is 0 Å². The molecule has 0 radical (unpaired) electrons. The van der Waals surface area contributed by atoms with Crippen molar-refractivity contribution in [2.24, 2.45) is 0 Å². The van der Waals surface area contributed by atoms with Crippen LogP contribution in [0.1, 0.15) is 19.3 Å². The number of hydrogen-bond donors (Lipinski definition) is 0. The van der Waals surface area contributed by atoms with E-state index in [0.717, 1.165) is 7.11 Å². The van der Waals surface area contributed by atoms with Crippen LogP contribution in [0.4, 0.5) is 4.39 Å². The van der Waals surface area contributed by atoms with Crippen LogP contribution in [0.15, 0.2) is 0 Å². The van der Waals surface area contributed by atoms with Gasteiger partial charge in [0.1, 0.15) is 0 Å². The molecule has 2 unspecified atom stereocenters. The molecular formula is C8H13FO4S. The fourth-order valence-electron chi connectivity index (χ4n) is 1.58. The molecule has 1 fully saturated rings. The van der Waals surface area contributed by atoms with Crippen molar-refractivity contribution in [2.45, 2.75) is 30.7 Å². The second-order valence-electron chi connectivity index (χ2n) is 3.36. The lowest BCUT2D eigenvalue weighted by Crippen LogP contribution is -2.26. The first-order valence-electron chi connectivity index (χ1n) is 4.41. The zero-order valence-electron chi connectivity index (χ0n) is 7.90. The Bertz CT molecular complexity index is 311. The van der Waals surface area contributed by atoms with Gasteiger partial charge in [0.15, 0.2) is 16.0 Å². The maximum atomic E-state index is 13.1. The summed E-state index contributed by atoms with van der Waals surface area (Å²) in [5.74, 6) is -0.891. The van der Waals surface area contributed by atoms with Crippen molar-refractivity contribution < 1.29 is 22.3 Å². The fraction of sp³-hybridized carbons (Fsp3) is 0.875. The average molecular weight is 224 g/mol. The quantitative estimate of drug-likeness (QED) is 0.654. The summed E-state index contributed by atoms with van der Waals surface area (Å²) in [7, 11) is -2.09. The van der Waals surface area contributed by atoms with Crippen LogP contribution in [0.2, 0.25) is 0 Å². The van der Waals surface area contributed by atoms with Gasteiger partial charge in [0, 0.05) is 6.42 Å². The van der Waals surface area contributed by atoms with E-state index in [2.05, 4.69) is 4.74 Å². The number of carbonyl (C=O) groups excluding carboxylic acids is 1. The molecule has 4 nitrogen and oxygen atoms in total. The van der Waals surface area contributed by atoms with E-state index in [4.69, 9.17) is 0 Å². The monoisotopic (exact) mass is 224 g/mol. The summed E-state index contributed by atoms with van der Waals surface area (Å²) in [6.07, 6.45) is -1.09. The SMILES string of the molecule is COC(=O)C(F)CC1CCCS1(=O)=O. The number of alkyl halides is 1. The molecule has 0 aromatic carbocycles. The zero-order chi connectivity index (χ0) is 10.8. The van der Waals surface area contributed by atoms with Gasteiger partial charge in [-0.3, -0.25) is 0 Å². The van der Waals surface area contributed by atoms with Gasteiger partial charge in [-0.1, -0.05) is 0 Å². The number of hydrogen-bond acceptors (Lipinski definition) is 4. The van der Waals surface area contributed by atoms with Gasteiger partial charge in [0.05, 0.1) is 18.1 Å². The minimum atomic E-state index is -3.17. The topological polar surface area (TPSA) is 60.4 Å². The maximum absolute atomic E-state index is 13.1. The molecule has 1 aliphatic heterocycles. The predicted molar refractivity (Wildman–Crippen MR) is 48.3 cm³/mol. The summed E-state index contributed by atoms with van der Waals surface area (Å²) in [6.45, 7) is 0. The highest BCUT2D eigenvalue weighted by atomic mass is 32.2. The van der Waals surface area contributed by atoms with E-state index in [9.17, 15) is 17.6 Å². The van der Waals surface area contributed by atoms with Crippen molar-refractivity contribution in [3.63, 3.8) is 0 Å². The van der Waals surface area contributed by atoms with Gasteiger partial charge in [-0.05, 0) is 12.8 Å². The van der Waals surface area contributed by atoms with E-state index < -0.39 is 27.2 Å². The minimum Gasteiger partial charge on any atom is -0.467 e. The van der Waals surface area contributed by atoms with Gasteiger partial charge in [-0.15, -0.1) is 0 Å². The molecule has 82 valence electrons. The lowest BCUT2D eigenvalue weighted by molar-refractivity contribution is -0.146. The molecule has 0 aliphatic carbocycles. The third-order valence-electron chi connectivity index (χ3n) is 2.39. The molecule has 0 aromatic rings. The van der Waals surface area contributed by atoms with Crippen LogP contribution < -0.4 is 0 Å². The number of sulfone groups is 1. The second kappa shape index (κ2) is 4.25. The summed E-state index contributed by atoms with van der Waals surface area (Å²) in [4.78, 5) is 10.7. The van der Waals surface area contributed by atoms with E-state index >= 15 is 0 Å². The number of halogens is 1. The highest BCUT2D eigenvalue weighted by Gasteiger charge is 2.35. The normalized spacial score (nSPS) is 27.1. The Kier molecular flexibility index (Phi) is 3.47. The van der Waals surface area contributed by atoms with Gasteiger partial charge >= 0.3 is 5.97 Å². The van der Waals surface area contributed by atoms with Crippen molar-refractivity contribution in [2.75, 3.05) is 12.9 Å². The van der Waals surface area contributed by atoms with Gasteiger partial charge in [-0.2, -0.15) is 0 Å². The number of methoxy groups -OCH3 is 1. The number of esters is 1. The highest BCUT2D eigenvalue weighted by molar-refractivity contribution is 7.92. The third-order valence-corrected chi connectivity index (χ3v) is 4.69. The predicted octanol–water partition coefficient (Wildman–Crippen LogP) is 0.465. The molecule has 1 rings (SSSR count). The lowest BCUT2D eigenvalue weighted by Gasteiger charge is -2.11. The summed E-state index contributed by atoms with van der Waals surface area (Å²) in [5.41, 5.74) is 0. The number of ether oxygens (including phenoxy) is 1. The minimum absolute atomic E-state index is 0.103. The first-order valence-corrected chi connectivity index (χ1v) is 6.12. The van der Waals surface area contributed by atoms with Crippen molar-refractivity contribution in [3.05, 3.63) is 0 Å². The van der Waals surface area contributed by atoms with Gasteiger partial charge < -0.3 is 4.74 Å². The Morgan fingerprint density at radius 2 is 2.29 bits per heavy atom. The Morgan fingerprint density at radius 1 is 1.64 bits per heavy atom. The van der Waals surface area contributed by atoms with E-state index in [-0.39, 0.29) is 12.2 Å². The van der Waals surface area contributed by atoms with E-state index in [1.54, 1.807) is 0 Å². The molecule has 1 aliphatic rings. The molecule has 2 atom stereocenters. The maximum Gasteiger partial charge on any atom is 0.340 e. The largest absolute Gasteiger partial charge is 0.467 e. The summed E-state index contributed by atoms with van der Waals surface area (Å²) in [5, 5.41) is -0.711. The van der Waals surface area contributed by atoms with Crippen LogP contribution in [-0.4, -0.2) is 38.7 Å². The summed E-state index contributed by atoms with van der Waals surface area (Å²) >= 11 is 0. The van der Waals surface area contributed by atoms with Crippen molar-refractivity contribution in [1.29, 1.82) is 0 Å². The van der Waals surface area contributed by atoms with Crippen molar-refractivity contribution in [1.82, 2.24) is 0 Å². The standard InChI is InChI=1S/C8H13FO4S/c1-13-8(10)7(9)5-6-3-2-4-14(6,11)12/h6-7H,2-5H2,1H3. The molecule has 0 bridgehead atoms. The molecule has 0 aromatic heterocycles. The first-order chi connectivity index (χ1) is 6.47. The van der Waals surface area contributed by atoms with Crippen LogP contribution in [0, 0.1) is 0 Å². The second-order valence-corrected chi connectivity index (χ2v) is 5.76. The summed E-state index contributed by atoms with van der Waals surface area (Å²) < 4.78 is 39.8. The van der Waals surface area contributed by atoms with Crippen LogP contribution in [0.25, 0.3) is 0 Å². The van der Waals surface area contributed by atoms with Crippen molar-refractivity contribution in [3.8, 4) is 0 Å². The lowest BCUT2D eigenvalue weighted by atomic mass is 10.1. The van der Waals surface area contributed by atoms with Crippen LogP contribution in [0.5, 0.6) is 0 Å². The Morgan fingerprint density at radius 3 is 2.71 bits per heavy atom. The first kappa shape index (κ1) is 11.4. The molecule has 0 saturated carbocycles. The van der Waals surface area contributed by atoms with Crippen LogP contribution in [-0.2, 0) is 19.4 Å². The number of rotatable bonds is 3. The van der Waals surface area contributed by atoms with E-state index in [1.807, 2.05) is 0 Å². The van der Waals surface area contributed by atoms with E-state index in [1.165, 1.54) is 0 Å². The van der Waals surface area contributed by atoms with Gasteiger partial charge in [0.25, 0.3) is 0 Å². The molecule has 0 amide bonds. The average Bonchev–Trinajstić information content (AvgIpc) is 2.44. The van der Waals surface area contributed by atoms with Gasteiger partial charge in [-0.25, -0.2) is 17.6 Å². The molecular weight excluding hydrogens is 211 g/mol. The molecule has 14 heavy (non-hydrogen) atoms. The molecule has 0 spiro atoms. The third kappa shape index (κ3) is 2.43. The Hall–Kier alpha value is -0.650. The highest BCUT2D eigenvalue weighted by Crippen LogP contribution is 2.25. The van der Waals surface area contributed by atoms with Crippen LogP contribution in [0.3, 0.4) is 0 Å². The molecule has 1 saturated heterocycles. The molecule has 0 N–H and O–H groups in total. The smallest absolute Gasteiger partial charge is 0.340 e.